The Hall–Kier alpha value is -1.05. The van der Waals surface area contributed by atoms with Gasteiger partial charge in [0.15, 0.2) is 0 Å². The first kappa shape index (κ1) is 11.4. The van der Waals surface area contributed by atoms with Crippen LogP contribution in [0, 0.1) is 11.8 Å². The zero-order valence-corrected chi connectivity index (χ0v) is 9.89. The fourth-order valence-corrected chi connectivity index (χ4v) is 2.89. The van der Waals surface area contributed by atoms with Crippen LogP contribution in [0.4, 0.5) is 0 Å². The molecule has 0 N–H and O–H groups in total. The molecule has 0 radical (unpaired) electrons. The molecule has 1 unspecified atom stereocenters. The third-order valence-corrected chi connectivity index (χ3v) is 3.63. The van der Waals surface area contributed by atoms with Crippen LogP contribution in [-0.4, -0.2) is 12.1 Å². The number of carbonyl (C=O) groups excluding carboxylic acids is 1. The molecule has 0 aromatic heterocycles. The van der Waals surface area contributed by atoms with Crippen molar-refractivity contribution in [2.24, 2.45) is 11.8 Å². The van der Waals surface area contributed by atoms with Crippen molar-refractivity contribution in [3.8, 4) is 0 Å². The van der Waals surface area contributed by atoms with E-state index in [1.54, 1.807) is 0 Å². The summed E-state index contributed by atoms with van der Waals surface area (Å²) in [5.41, 5.74) is 0. The first-order chi connectivity index (χ1) is 7.77. The molecule has 0 amide bonds. The number of rotatable bonds is 2. The highest BCUT2D eigenvalue weighted by Crippen LogP contribution is 2.36. The van der Waals surface area contributed by atoms with Crippen LogP contribution in [0.15, 0.2) is 24.3 Å². The van der Waals surface area contributed by atoms with Gasteiger partial charge in [0, 0.05) is 12.8 Å². The summed E-state index contributed by atoms with van der Waals surface area (Å²) in [7, 11) is 0. The fraction of sp³-hybridized carbons (Fsp3) is 0.643. The summed E-state index contributed by atoms with van der Waals surface area (Å²) in [6, 6.07) is 0. The quantitative estimate of drug-likeness (QED) is 0.668. The standard InChI is InChI=1S/C14H20O2/c1-11(15)16-14-10-6-5-9-13(14)12-7-3-2-4-8-12/h2-4,7,12-14H,5-6,8-10H2,1H3/t12?,13-,14+/m1/s1. The van der Waals surface area contributed by atoms with Crippen molar-refractivity contribution in [3.05, 3.63) is 24.3 Å². The van der Waals surface area contributed by atoms with Crippen molar-refractivity contribution in [1.29, 1.82) is 0 Å². The lowest BCUT2D eigenvalue weighted by molar-refractivity contribution is -0.151. The monoisotopic (exact) mass is 220 g/mol. The van der Waals surface area contributed by atoms with Crippen LogP contribution in [0.5, 0.6) is 0 Å². The summed E-state index contributed by atoms with van der Waals surface area (Å²) >= 11 is 0. The third-order valence-electron chi connectivity index (χ3n) is 3.63. The minimum absolute atomic E-state index is 0.132. The van der Waals surface area contributed by atoms with Gasteiger partial charge in [-0.3, -0.25) is 4.79 Å². The Morgan fingerprint density at radius 1 is 1.25 bits per heavy atom. The lowest BCUT2D eigenvalue weighted by atomic mass is 9.75. The fourth-order valence-electron chi connectivity index (χ4n) is 2.89. The van der Waals surface area contributed by atoms with Gasteiger partial charge in [-0.05, 0) is 31.6 Å². The Kier molecular flexibility index (Phi) is 3.81. The average molecular weight is 220 g/mol. The molecule has 16 heavy (non-hydrogen) atoms. The van der Waals surface area contributed by atoms with E-state index in [0.29, 0.717) is 11.8 Å². The van der Waals surface area contributed by atoms with E-state index in [-0.39, 0.29) is 12.1 Å². The maximum Gasteiger partial charge on any atom is 0.302 e. The second-order valence-electron chi connectivity index (χ2n) is 4.81. The van der Waals surface area contributed by atoms with Crippen LogP contribution < -0.4 is 0 Å². The number of esters is 1. The van der Waals surface area contributed by atoms with Crippen LogP contribution in [0.1, 0.15) is 39.0 Å². The van der Waals surface area contributed by atoms with E-state index in [4.69, 9.17) is 4.74 Å². The topological polar surface area (TPSA) is 26.3 Å². The zero-order chi connectivity index (χ0) is 11.4. The molecule has 88 valence electrons. The largest absolute Gasteiger partial charge is 0.462 e. The van der Waals surface area contributed by atoms with E-state index in [1.807, 2.05) is 0 Å². The highest BCUT2D eigenvalue weighted by atomic mass is 16.5. The lowest BCUT2D eigenvalue weighted by Crippen LogP contribution is -2.34. The van der Waals surface area contributed by atoms with Crippen LogP contribution in [0.25, 0.3) is 0 Å². The molecule has 2 aliphatic carbocycles. The van der Waals surface area contributed by atoms with Crippen molar-refractivity contribution in [2.75, 3.05) is 0 Å². The average Bonchev–Trinajstić information content (AvgIpc) is 2.30. The Balaban J connectivity index is 2.01. The lowest BCUT2D eigenvalue weighted by Gasteiger charge is -2.35. The molecule has 2 heteroatoms. The van der Waals surface area contributed by atoms with Gasteiger partial charge < -0.3 is 4.74 Å². The van der Waals surface area contributed by atoms with E-state index >= 15 is 0 Å². The summed E-state index contributed by atoms with van der Waals surface area (Å²) in [4.78, 5) is 11.1. The number of hydrogen-bond acceptors (Lipinski definition) is 2. The molecule has 3 atom stereocenters. The zero-order valence-electron chi connectivity index (χ0n) is 9.89. The Labute approximate surface area is 97.4 Å². The molecule has 2 rings (SSSR count). The van der Waals surface area contributed by atoms with E-state index in [9.17, 15) is 4.79 Å². The van der Waals surface area contributed by atoms with Gasteiger partial charge in [0.2, 0.25) is 0 Å². The molecule has 0 bridgehead atoms. The molecule has 0 aromatic carbocycles. The van der Waals surface area contributed by atoms with Crippen LogP contribution >= 0.6 is 0 Å². The Morgan fingerprint density at radius 3 is 2.75 bits per heavy atom. The second kappa shape index (κ2) is 5.33. The molecule has 2 nitrogen and oxygen atoms in total. The van der Waals surface area contributed by atoms with E-state index < -0.39 is 0 Å². The molecule has 2 aliphatic rings. The predicted molar refractivity (Wildman–Crippen MR) is 63.9 cm³/mol. The van der Waals surface area contributed by atoms with Gasteiger partial charge in [0.25, 0.3) is 0 Å². The van der Waals surface area contributed by atoms with Gasteiger partial charge in [-0.2, -0.15) is 0 Å². The third kappa shape index (κ3) is 2.75. The van der Waals surface area contributed by atoms with Crippen molar-refractivity contribution < 1.29 is 9.53 Å². The summed E-state index contributed by atoms with van der Waals surface area (Å²) in [6.07, 6.45) is 14.6. The van der Waals surface area contributed by atoms with E-state index in [1.165, 1.54) is 26.2 Å². The van der Waals surface area contributed by atoms with Crippen LogP contribution in [0.2, 0.25) is 0 Å². The normalized spacial score (nSPS) is 33.7. The smallest absolute Gasteiger partial charge is 0.302 e. The van der Waals surface area contributed by atoms with Gasteiger partial charge in [-0.15, -0.1) is 0 Å². The highest BCUT2D eigenvalue weighted by molar-refractivity contribution is 5.66. The molecule has 0 spiro atoms. The minimum atomic E-state index is -0.132. The molecular weight excluding hydrogens is 200 g/mol. The Bertz CT molecular complexity index is 304. The molecule has 0 aromatic rings. The summed E-state index contributed by atoms with van der Waals surface area (Å²) in [6.45, 7) is 1.52. The molecule has 0 heterocycles. The van der Waals surface area contributed by atoms with Crippen LogP contribution in [-0.2, 0) is 9.53 Å². The van der Waals surface area contributed by atoms with Gasteiger partial charge in [0.05, 0.1) is 0 Å². The molecular formula is C14H20O2. The maximum atomic E-state index is 11.1. The first-order valence-electron chi connectivity index (χ1n) is 6.28. The Morgan fingerprint density at radius 2 is 2.06 bits per heavy atom. The van der Waals surface area contributed by atoms with Gasteiger partial charge in [-0.1, -0.05) is 30.7 Å². The number of allylic oxidation sites excluding steroid dienone is 4. The summed E-state index contributed by atoms with van der Waals surface area (Å²) < 4.78 is 5.46. The minimum Gasteiger partial charge on any atom is -0.462 e. The van der Waals surface area contributed by atoms with Gasteiger partial charge >= 0.3 is 5.97 Å². The van der Waals surface area contributed by atoms with Crippen LogP contribution in [0.3, 0.4) is 0 Å². The highest BCUT2D eigenvalue weighted by Gasteiger charge is 2.32. The number of ether oxygens (including phenoxy) is 1. The van der Waals surface area contributed by atoms with Crippen molar-refractivity contribution in [1.82, 2.24) is 0 Å². The number of carbonyl (C=O) groups is 1. The van der Waals surface area contributed by atoms with Crippen molar-refractivity contribution in [2.45, 2.75) is 45.1 Å². The SMILES string of the molecule is CC(=O)O[C@H]1CCCC[C@@H]1C1C=CC=CC1. The van der Waals surface area contributed by atoms with Gasteiger partial charge in [-0.25, -0.2) is 0 Å². The maximum absolute atomic E-state index is 11.1. The first-order valence-corrected chi connectivity index (χ1v) is 6.28. The number of hydrogen-bond donors (Lipinski definition) is 0. The summed E-state index contributed by atoms with van der Waals surface area (Å²) in [5.74, 6) is 0.959. The molecule has 0 saturated heterocycles. The molecule has 1 fully saturated rings. The predicted octanol–water partition coefficient (Wildman–Crippen LogP) is 3.24. The molecule has 0 aliphatic heterocycles. The van der Waals surface area contributed by atoms with Crippen molar-refractivity contribution in [3.63, 3.8) is 0 Å². The van der Waals surface area contributed by atoms with E-state index in [0.717, 1.165) is 12.8 Å². The van der Waals surface area contributed by atoms with Gasteiger partial charge in [0.1, 0.15) is 6.10 Å². The second-order valence-corrected chi connectivity index (χ2v) is 4.81. The summed E-state index contributed by atoms with van der Waals surface area (Å²) in [5, 5.41) is 0. The molecule has 1 saturated carbocycles. The van der Waals surface area contributed by atoms with Crippen molar-refractivity contribution >= 4 is 5.97 Å². The van der Waals surface area contributed by atoms with E-state index in [2.05, 4.69) is 24.3 Å².